The second-order valence-corrected chi connectivity index (χ2v) is 5.36. The smallest absolute Gasteiger partial charge is 0.163 e. The first-order valence-corrected chi connectivity index (χ1v) is 6.84. The number of epoxide rings is 1. The van der Waals surface area contributed by atoms with E-state index in [0.717, 1.165) is 6.07 Å². The third-order valence-electron chi connectivity index (χ3n) is 4.17. The van der Waals surface area contributed by atoms with E-state index in [1.807, 2.05) is 11.5 Å². The van der Waals surface area contributed by atoms with Gasteiger partial charge in [0.25, 0.3) is 0 Å². The van der Waals surface area contributed by atoms with Crippen LogP contribution in [0.25, 0.3) is 11.2 Å². The molecule has 5 nitrogen and oxygen atoms in total. The van der Waals surface area contributed by atoms with Crippen LogP contribution in [0, 0.1) is 11.6 Å². The molecule has 7 heteroatoms. The van der Waals surface area contributed by atoms with Crippen LogP contribution in [0.2, 0.25) is 0 Å². The van der Waals surface area contributed by atoms with Gasteiger partial charge in [-0.25, -0.2) is 23.7 Å². The number of fused-ring (bicyclic) bond motifs is 1. The molecule has 1 saturated heterocycles. The summed E-state index contributed by atoms with van der Waals surface area (Å²) in [7, 11) is 0. The quantitative estimate of drug-likeness (QED) is 0.698. The molecule has 2 unspecified atom stereocenters. The third kappa shape index (κ3) is 1.82. The molecule has 3 heterocycles. The van der Waals surface area contributed by atoms with Gasteiger partial charge in [0.15, 0.2) is 5.65 Å². The molecule has 1 aromatic carbocycles. The highest BCUT2D eigenvalue weighted by molar-refractivity contribution is 5.69. The molecule has 2 aromatic heterocycles. The van der Waals surface area contributed by atoms with Crippen LogP contribution >= 0.6 is 0 Å². The molecule has 0 aliphatic carbocycles. The zero-order chi connectivity index (χ0) is 15.3. The van der Waals surface area contributed by atoms with Gasteiger partial charge in [0.1, 0.15) is 29.1 Å². The maximum atomic E-state index is 14.1. The zero-order valence-corrected chi connectivity index (χ0v) is 11.7. The van der Waals surface area contributed by atoms with Gasteiger partial charge in [-0.3, -0.25) is 0 Å². The first kappa shape index (κ1) is 13.3. The molecule has 0 radical (unpaired) electrons. The number of aromatic nitrogens is 4. The highest BCUT2D eigenvalue weighted by atomic mass is 19.1. The van der Waals surface area contributed by atoms with E-state index in [0.29, 0.717) is 23.3 Å². The Kier molecular flexibility index (Phi) is 2.74. The average molecular weight is 302 g/mol. The number of hydrogen-bond donors (Lipinski definition) is 0. The molecule has 0 N–H and O–H groups in total. The average Bonchev–Trinajstić information content (AvgIpc) is 3.19. The summed E-state index contributed by atoms with van der Waals surface area (Å²) in [5.74, 6) is -1.21. The lowest BCUT2D eigenvalue weighted by Crippen LogP contribution is -2.24. The van der Waals surface area contributed by atoms with Crippen LogP contribution in [-0.2, 0) is 10.3 Å². The van der Waals surface area contributed by atoms with E-state index in [2.05, 4.69) is 15.0 Å². The summed E-state index contributed by atoms with van der Waals surface area (Å²) in [5, 5.41) is 0. The summed E-state index contributed by atoms with van der Waals surface area (Å²) < 4.78 is 34.7. The fourth-order valence-corrected chi connectivity index (χ4v) is 2.83. The molecular weight excluding hydrogens is 290 g/mol. The van der Waals surface area contributed by atoms with Crippen molar-refractivity contribution in [3.63, 3.8) is 0 Å². The van der Waals surface area contributed by atoms with Gasteiger partial charge >= 0.3 is 0 Å². The van der Waals surface area contributed by atoms with Gasteiger partial charge in [0.2, 0.25) is 0 Å². The number of benzene rings is 1. The fourth-order valence-electron chi connectivity index (χ4n) is 2.83. The predicted molar refractivity (Wildman–Crippen MR) is 74.0 cm³/mol. The molecule has 2 atom stereocenters. The van der Waals surface area contributed by atoms with Crippen LogP contribution < -0.4 is 0 Å². The van der Waals surface area contributed by atoms with Crippen LogP contribution in [0.3, 0.4) is 0 Å². The van der Waals surface area contributed by atoms with Crippen LogP contribution in [0.4, 0.5) is 8.78 Å². The first-order chi connectivity index (χ1) is 10.6. The van der Waals surface area contributed by atoms with Crippen LogP contribution in [0.5, 0.6) is 0 Å². The molecule has 1 fully saturated rings. The van der Waals surface area contributed by atoms with Gasteiger partial charge in [-0.1, -0.05) is 6.07 Å². The van der Waals surface area contributed by atoms with E-state index < -0.39 is 17.2 Å². The number of ether oxygens (including phenoxy) is 1. The summed E-state index contributed by atoms with van der Waals surface area (Å²) in [6.07, 6.45) is 4.69. The van der Waals surface area contributed by atoms with Crippen molar-refractivity contribution in [2.45, 2.75) is 18.6 Å². The molecule has 112 valence electrons. The Hall–Kier alpha value is -2.41. The SMILES string of the molecule is CC(n1cnc2cncnc21)C1(c2ccc(F)cc2F)CO1. The van der Waals surface area contributed by atoms with Gasteiger partial charge in [-0.15, -0.1) is 0 Å². The number of imidazole rings is 1. The molecule has 0 spiro atoms. The molecule has 1 aliphatic rings. The normalized spacial score (nSPS) is 22.0. The van der Waals surface area contributed by atoms with E-state index in [-0.39, 0.29) is 6.04 Å². The second kappa shape index (κ2) is 4.54. The summed E-state index contributed by atoms with van der Waals surface area (Å²) in [5.41, 5.74) is 0.832. The minimum absolute atomic E-state index is 0.243. The van der Waals surface area contributed by atoms with Gasteiger partial charge < -0.3 is 9.30 Å². The summed E-state index contributed by atoms with van der Waals surface area (Å²) in [4.78, 5) is 12.4. The monoisotopic (exact) mass is 302 g/mol. The highest BCUT2D eigenvalue weighted by Crippen LogP contribution is 2.49. The Balaban J connectivity index is 1.80. The minimum atomic E-state index is -0.823. The van der Waals surface area contributed by atoms with Crippen molar-refractivity contribution in [3.8, 4) is 0 Å². The lowest BCUT2D eigenvalue weighted by Gasteiger charge is -2.22. The Morgan fingerprint density at radius 3 is 2.86 bits per heavy atom. The number of hydrogen-bond acceptors (Lipinski definition) is 4. The number of rotatable bonds is 3. The molecule has 0 amide bonds. The van der Waals surface area contributed by atoms with Crippen LogP contribution in [-0.4, -0.2) is 26.1 Å². The predicted octanol–water partition coefficient (Wildman–Crippen LogP) is 2.59. The van der Waals surface area contributed by atoms with Gasteiger partial charge in [0, 0.05) is 11.6 Å². The van der Waals surface area contributed by atoms with Crippen molar-refractivity contribution in [1.29, 1.82) is 0 Å². The van der Waals surface area contributed by atoms with Gasteiger partial charge in [-0.05, 0) is 13.0 Å². The van der Waals surface area contributed by atoms with E-state index in [1.165, 1.54) is 18.5 Å². The number of nitrogens with zero attached hydrogens (tertiary/aromatic N) is 4. The maximum absolute atomic E-state index is 14.1. The van der Waals surface area contributed by atoms with E-state index in [9.17, 15) is 8.78 Å². The Morgan fingerprint density at radius 2 is 2.14 bits per heavy atom. The van der Waals surface area contributed by atoms with Crippen LogP contribution in [0.1, 0.15) is 18.5 Å². The maximum Gasteiger partial charge on any atom is 0.163 e. The van der Waals surface area contributed by atoms with Crippen molar-refractivity contribution >= 4 is 11.2 Å². The Bertz CT molecular complexity index is 860. The second-order valence-electron chi connectivity index (χ2n) is 5.36. The van der Waals surface area contributed by atoms with Crippen molar-refractivity contribution in [2.24, 2.45) is 0 Å². The molecular formula is C15H12F2N4O. The van der Waals surface area contributed by atoms with Crippen molar-refractivity contribution in [3.05, 3.63) is 54.2 Å². The van der Waals surface area contributed by atoms with Gasteiger partial charge in [0.05, 0.1) is 25.2 Å². The summed E-state index contributed by atoms with van der Waals surface area (Å²) in [6.45, 7) is 2.26. The molecule has 0 bridgehead atoms. The molecule has 22 heavy (non-hydrogen) atoms. The standard InChI is InChI=1S/C15H12F2N4O/c1-9(21-8-20-13-5-18-7-19-14(13)21)15(6-22-15)11-3-2-10(16)4-12(11)17/h2-5,7-9H,6H2,1H3. The van der Waals surface area contributed by atoms with Crippen molar-refractivity contribution in [2.75, 3.05) is 6.61 Å². The fraction of sp³-hybridized carbons (Fsp3) is 0.267. The first-order valence-electron chi connectivity index (χ1n) is 6.84. The van der Waals surface area contributed by atoms with E-state index >= 15 is 0 Å². The molecule has 4 rings (SSSR count). The number of halogens is 2. The van der Waals surface area contributed by atoms with E-state index in [4.69, 9.17) is 4.74 Å². The van der Waals surface area contributed by atoms with E-state index in [1.54, 1.807) is 12.5 Å². The molecule has 0 saturated carbocycles. The Morgan fingerprint density at radius 1 is 1.32 bits per heavy atom. The highest BCUT2D eigenvalue weighted by Gasteiger charge is 2.54. The lowest BCUT2D eigenvalue weighted by atomic mass is 9.92. The van der Waals surface area contributed by atoms with Crippen molar-refractivity contribution in [1.82, 2.24) is 19.5 Å². The third-order valence-corrected chi connectivity index (χ3v) is 4.17. The molecule has 1 aliphatic heterocycles. The summed E-state index contributed by atoms with van der Waals surface area (Å²) in [6, 6.07) is 3.30. The Labute approximate surface area is 124 Å². The van der Waals surface area contributed by atoms with Crippen LogP contribution in [0.15, 0.2) is 37.1 Å². The molecule has 3 aromatic rings. The minimum Gasteiger partial charge on any atom is -0.362 e. The topological polar surface area (TPSA) is 56.1 Å². The van der Waals surface area contributed by atoms with Crippen molar-refractivity contribution < 1.29 is 13.5 Å². The largest absolute Gasteiger partial charge is 0.362 e. The lowest BCUT2D eigenvalue weighted by molar-refractivity contribution is 0.227. The zero-order valence-electron chi connectivity index (χ0n) is 11.7. The summed E-state index contributed by atoms with van der Waals surface area (Å²) >= 11 is 0. The van der Waals surface area contributed by atoms with Gasteiger partial charge in [-0.2, -0.15) is 0 Å².